The number of carbonyl (C=O) groups is 1. The molecule has 2 N–H and O–H groups in total. The van der Waals surface area contributed by atoms with E-state index in [9.17, 15) is 14.7 Å². The predicted molar refractivity (Wildman–Crippen MR) is 117 cm³/mol. The second kappa shape index (κ2) is 9.13. The number of rotatable bonds is 6. The van der Waals surface area contributed by atoms with Crippen LogP contribution in [-0.4, -0.2) is 50.4 Å². The lowest BCUT2D eigenvalue weighted by Gasteiger charge is -2.28. The molecule has 0 aliphatic carbocycles. The maximum Gasteiger partial charge on any atom is 0.411 e. The highest BCUT2D eigenvalue weighted by atomic mass is 16.4. The maximum absolute atomic E-state index is 12.4. The summed E-state index contributed by atoms with van der Waals surface area (Å²) in [4.78, 5) is 25.7. The van der Waals surface area contributed by atoms with Crippen molar-refractivity contribution in [3.63, 3.8) is 0 Å². The molecular formula is C22H26N6O3. The maximum atomic E-state index is 12.4. The summed E-state index contributed by atoms with van der Waals surface area (Å²) < 4.78 is 3.29. The van der Waals surface area contributed by atoms with Crippen molar-refractivity contribution in [2.24, 2.45) is 13.0 Å². The molecule has 9 nitrogen and oxygen atoms in total. The number of hydrogen-bond acceptors (Lipinski definition) is 5. The fourth-order valence-electron chi connectivity index (χ4n) is 3.88. The van der Waals surface area contributed by atoms with Crippen LogP contribution in [0.3, 0.4) is 0 Å². The van der Waals surface area contributed by atoms with Crippen molar-refractivity contribution in [2.45, 2.75) is 19.3 Å². The van der Waals surface area contributed by atoms with Crippen LogP contribution in [0, 0.1) is 5.92 Å². The number of aryl methyl sites for hydroxylation is 1. The summed E-state index contributed by atoms with van der Waals surface area (Å²) in [5.41, 5.74) is 2.45. The molecule has 1 aromatic carbocycles. The number of aromatic nitrogens is 4. The summed E-state index contributed by atoms with van der Waals surface area (Å²) in [6.07, 6.45) is 6.38. The Hall–Kier alpha value is -3.46. The van der Waals surface area contributed by atoms with Gasteiger partial charge in [-0.25, -0.2) is 9.48 Å². The molecule has 9 heteroatoms. The molecular weight excluding hydrogens is 396 g/mol. The molecule has 4 rings (SSSR count). The van der Waals surface area contributed by atoms with E-state index in [0.717, 1.165) is 37.2 Å². The molecule has 162 valence electrons. The van der Waals surface area contributed by atoms with Crippen LogP contribution in [0.2, 0.25) is 0 Å². The van der Waals surface area contributed by atoms with E-state index in [1.165, 1.54) is 11.0 Å². The van der Waals surface area contributed by atoms with Crippen molar-refractivity contribution >= 4 is 11.8 Å². The molecule has 0 atom stereocenters. The van der Waals surface area contributed by atoms with E-state index in [2.05, 4.69) is 15.5 Å². The zero-order valence-electron chi connectivity index (χ0n) is 17.4. The van der Waals surface area contributed by atoms with Crippen molar-refractivity contribution in [1.29, 1.82) is 0 Å². The van der Waals surface area contributed by atoms with Crippen molar-refractivity contribution in [3.8, 4) is 5.69 Å². The number of nitrogens with zero attached hydrogens (tertiary/aromatic N) is 5. The van der Waals surface area contributed by atoms with Gasteiger partial charge in [0.15, 0.2) is 0 Å². The fraction of sp³-hybridized carbons (Fsp3) is 0.364. The second-order valence-corrected chi connectivity index (χ2v) is 7.88. The van der Waals surface area contributed by atoms with Crippen molar-refractivity contribution in [3.05, 3.63) is 70.4 Å². The Kier molecular flexibility index (Phi) is 6.13. The number of amides is 1. The molecule has 1 saturated heterocycles. The first-order chi connectivity index (χ1) is 15.0. The van der Waals surface area contributed by atoms with Gasteiger partial charge in [-0.15, -0.1) is 0 Å². The van der Waals surface area contributed by atoms with Gasteiger partial charge in [-0.2, -0.15) is 10.2 Å². The highest BCUT2D eigenvalue weighted by Gasteiger charge is 2.22. The molecule has 3 aromatic rings. The minimum atomic E-state index is -0.965. The molecule has 1 amide bonds. The molecule has 1 fully saturated rings. The Balaban J connectivity index is 1.56. The van der Waals surface area contributed by atoms with Crippen LogP contribution in [0.5, 0.6) is 0 Å². The molecule has 0 radical (unpaired) electrons. The zero-order chi connectivity index (χ0) is 21.8. The van der Waals surface area contributed by atoms with Gasteiger partial charge in [0.1, 0.15) is 11.4 Å². The zero-order valence-corrected chi connectivity index (χ0v) is 17.4. The van der Waals surface area contributed by atoms with E-state index >= 15 is 0 Å². The molecule has 1 aliphatic heterocycles. The van der Waals surface area contributed by atoms with Gasteiger partial charge in [0.05, 0.1) is 12.4 Å². The van der Waals surface area contributed by atoms with E-state index in [1.54, 1.807) is 27.8 Å². The van der Waals surface area contributed by atoms with Crippen LogP contribution in [0.15, 0.2) is 53.7 Å². The van der Waals surface area contributed by atoms with Gasteiger partial charge in [0.2, 0.25) is 5.43 Å². The smallest absolute Gasteiger partial charge is 0.411 e. The Labute approximate surface area is 179 Å². The number of carboxylic acid groups (broad SMARTS) is 1. The topological polar surface area (TPSA) is 105 Å². The normalized spacial score (nSPS) is 14.5. The third-order valence-corrected chi connectivity index (χ3v) is 5.56. The Bertz CT molecular complexity index is 1120. The van der Waals surface area contributed by atoms with Crippen LogP contribution < -0.4 is 15.6 Å². The number of benzene rings is 1. The van der Waals surface area contributed by atoms with Crippen LogP contribution in [0.1, 0.15) is 24.1 Å². The van der Waals surface area contributed by atoms with Crippen molar-refractivity contribution < 1.29 is 9.90 Å². The lowest BCUT2D eigenvalue weighted by molar-refractivity contribution is 0.199. The highest BCUT2D eigenvalue weighted by molar-refractivity contribution is 5.86. The number of piperidine rings is 1. The molecule has 2 aromatic heterocycles. The van der Waals surface area contributed by atoms with Crippen LogP contribution in [-0.2, 0) is 13.5 Å². The van der Waals surface area contributed by atoms with Gasteiger partial charge in [-0.3, -0.25) is 14.4 Å². The van der Waals surface area contributed by atoms with Crippen LogP contribution >= 0.6 is 0 Å². The summed E-state index contributed by atoms with van der Waals surface area (Å²) in [5, 5.41) is 21.7. The van der Waals surface area contributed by atoms with E-state index in [1.807, 2.05) is 31.4 Å². The third-order valence-electron chi connectivity index (χ3n) is 5.56. The molecule has 3 heterocycles. The number of nitrogens with one attached hydrogen (secondary N) is 1. The second-order valence-electron chi connectivity index (χ2n) is 7.88. The van der Waals surface area contributed by atoms with E-state index in [0.29, 0.717) is 30.3 Å². The van der Waals surface area contributed by atoms with E-state index in [-0.39, 0.29) is 5.43 Å². The number of anilines is 1. The van der Waals surface area contributed by atoms with Crippen LogP contribution in [0.25, 0.3) is 5.69 Å². The summed E-state index contributed by atoms with van der Waals surface area (Å²) in [5.74, 6) is 0.337. The SMILES string of the molecule is Cn1cc(-n2ccc(=O)c(Cc3cccc(N(CC4CCNCC4)C(=O)O)c3)n2)cn1. The molecule has 1 aliphatic rings. The van der Waals surface area contributed by atoms with Gasteiger partial charge in [-0.1, -0.05) is 12.1 Å². The molecule has 31 heavy (non-hydrogen) atoms. The Morgan fingerprint density at radius 2 is 2.10 bits per heavy atom. The molecule has 0 unspecified atom stereocenters. The first-order valence-electron chi connectivity index (χ1n) is 10.4. The average molecular weight is 422 g/mol. The van der Waals surface area contributed by atoms with Gasteiger partial charge >= 0.3 is 6.09 Å². The lowest BCUT2D eigenvalue weighted by atomic mass is 9.97. The fourth-order valence-corrected chi connectivity index (χ4v) is 3.88. The molecule has 0 spiro atoms. The first-order valence-corrected chi connectivity index (χ1v) is 10.4. The largest absolute Gasteiger partial charge is 0.465 e. The van der Waals surface area contributed by atoms with Crippen molar-refractivity contribution in [2.75, 3.05) is 24.5 Å². The van der Waals surface area contributed by atoms with Gasteiger partial charge in [0, 0.05) is 38.0 Å². The summed E-state index contributed by atoms with van der Waals surface area (Å²) >= 11 is 0. The minimum Gasteiger partial charge on any atom is -0.465 e. The summed E-state index contributed by atoms with van der Waals surface area (Å²) in [6, 6.07) is 8.82. The molecule has 0 saturated carbocycles. The van der Waals surface area contributed by atoms with E-state index in [4.69, 9.17) is 0 Å². The summed E-state index contributed by atoms with van der Waals surface area (Å²) in [6.45, 7) is 2.31. The Morgan fingerprint density at radius 3 is 2.81 bits per heavy atom. The Morgan fingerprint density at radius 1 is 1.29 bits per heavy atom. The van der Waals surface area contributed by atoms with Crippen molar-refractivity contribution in [1.82, 2.24) is 24.9 Å². The predicted octanol–water partition coefficient (Wildman–Crippen LogP) is 2.04. The lowest BCUT2D eigenvalue weighted by Crippen LogP contribution is -2.38. The first kappa shape index (κ1) is 20.8. The highest BCUT2D eigenvalue weighted by Crippen LogP contribution is 2.22. The quantitative estimate of drug-likeness (QED) is 0.630. The minimum absolute atomic E-state index is 0.157. The summed E-state index contributed by atoms with van der Waals surface area (Å²) in [7, 11) is 1.82. The molecule has 0 bridgehead atoms. The van der Waals surface area contributed by atoms with Gasteiger partial charge < -0.3 is 10.4 Å². The van der Waals surface area contributed by atoms with E-state index < -0.39 is 6.09 Å². The monoisotopic (exact) mass is 422 g/mol. The van der Waals surface area contributed by atoms with Gasteiger partial charge in [0.25, 0.3) is 0 Å². The number of hydrogen-bond donors (Lipinski definition) is 2. The third kappa shape index (κ3) is 5.00. The van der Waals surface area contributed by atoms with Gasteiger partial charge in [-0.05, 0) is 49.5 Å². The standard InChI is InChI=1S/C22H26N6O3/c1-26-15-19(13-24-26)28-10-7-21(29)20(25-28)12-17-3-2-4-18(11-17)27(22(30)31)14-16-5-8-23-9-6-16/h2-4,7,10-11,13,15-16,23H,5-6,8-9,12,14H2,1H3,(H,30,31). The average Bonchev–Trinajstić information content (AvgIpc) is 3.20. The van der Waals surface area contributed by atoms with Crippen LogP contribution in [0.4, 0.5) is 10.5 Å².